The van der Waals surface area contributed by atoms with Crippen LogP contribution in [0.4, 0.5) is 0 Å². The van der Waals surface area contributed by atoms with Crippen molar-refractivity contribution in [3.05, 3.63) is 35.4 Å². The first-order valence-electron chi connectivity index (χ1n) is 5.71. The molecule has 1 aromatic carbocycles. The molecule has 1 rings (SSSR count). The first-order chi connectivity index (χ1) is 8.63. The predicted molar refractivity (Wildman–Crippen MR) is 66.6 cm³/mol. The first-order valence-corrected chi connectivity index (χ1v) is 5.71. The van der Waals surface area contributed by atoms with Crippen LogP contribution < -0.4 is 5.32 Å². The Morgan fingerprint density at radius 2 is 1.94 bits per heavy atom. The lowest BCUT2D eigenvalue weighted by Crippen LogP contribution is -2.26. The van der Waals surface area contributed by atoms with Crippen LogP contribution in [-0.4, -0.2) is 37.2 Å². The van der Waals surface area contributed by atoms with Crippen molar-refractivity contribution in [1.82, 2.24) is 5.32 Å². The fourth-order valence-electron chi connectivity index (χ4n) is 1.46. The van der Waals surface area contributed by atoms with Crippen LogP contribution in [0.5, 0.6) is 0 Å². The largest absolute Gasteiger partial charge is 0.478 e. The summed E-state index contributed by atoms with van der Waals surface area (Å²) >= 11 is 0. The molecular weight excluding hydrogens is 234 g/mol. The first kappa shape index (κ1) is 14.2. The number of nitrogens with one attached hydrogen (secondary N) is 1. The molecular formula is C13H17NO4. The lowest BCUT2D eigenvalue weighted by molar-refractivity contribution is -0.120. The van der Waals surface area contributed by atoms with Gasteiger partial charge in [0.15, 0.2) is 0 Å². The molecule has 0 aliphatic heterocycles. The number of benzene rings is 1. The van der Waals surface area contributed by atoms with Crippen molar-refractivity contribution in [1.29, 1.82) is 0 Å². The molecule has 0 aliphatic rings. The monoisotopic (exact) mass is 251 g/mol. The van der Waals surface area contributed by atoms with Crippen LogP contribution in [0.2, 0.25) is 0 Å². The highest BCUT2D eigenvalue weighted by Crippen LogP contribution is 2.05. The topological polar surface area (TPSA) is 75.6 Å². The fraction of sp³-hybridized carbons (Fsp3) is 0.385. The molecule has 0 bridgehead atoms. The van der Waals surface area contributed by atoms with Gasteiger partial charge in [0.05, 0.1) is 12.0 Å². The normalized spacial score (nSPS) is 10.1. The molecule has 5 heteroatoms. The van der Waals surface area contributed by atoms with Crippen LogP contribution in [0.3, 0.4) is 0 Å². The lowest BCUT2D eigenvalue weighted by atomic mass is 10.1. The van der Waals surface area contributed by atoms with E-state index in [-0.39, 0.29) is 17.9 Å². The molecule has 98 valence electrons. The van der Waals surface area contributed by atoms with Gasteiger partial charge in [-0.1, -0.05) is 12.1 Å². The standard InChI is InChI=1S/C13H17NO4/c1-18-8-2-7-14-12(15)9-10-3-5-11(6-4-10)13(16)17/h3-6H,2,7-9H2,1H3,(H,14,15)(H,16,17). The van der Waals surface area contributed by atoms with Crippen LogP contribution in [-0.2, 0) is 16.0 Å². The van der Waals surface area contributed by atoms with Gasteiger partial charge in [0, 0.05) is 20.3 Å². The highest BCUT2D eigenvalue weighted by atomic mass is 16.5. The van der Waals surface area contributed by atoms with Gasteiger partial charge >= 0.3 is 5.97 Å². The molecule has 0 radical (unpaired) electrons. The van der Waals surface area contributed by atoms with Gasteiger partial charge in [0.2, 0.25) is 5.91 Å². The minimum absolute atomic E-state index is 0.0748. The number of hydrogen-bond donors (Lipinski definition) is 2. The predicted octanol–water partition coefficient (Wildman–Crippen LogP) is 1.08. The number of methoxy groups -OCH3 is 1. The number of carboxylic acid groups (broad SMARTS) is 1. The SMILES string of the molecule is COCCCNC(=O)Cc1ccc(C(=O)O)cc1. The highest BCUT2D eigenvalue weighted by Gasteiger charge is 2.05. The Labute approximate surface area is 106 Å². The second kappa shape index (κ2) is 7.45. The average molecular weight is 251 g/mol. The third-order valence-corrected chi connectivity index (χ3v) is 2.41. The minimum Gasteiger partial charge on any atom is -0.478 e. The minimum atomic E-state index is -0.967. The number of amides is 1. The number of carboxylic acids is 1. The van der Waals surface area contributed by atoms with Gasteiger partial charge in [0.1, 0.15) is 0 Å². The summed E-state index contributed by atoms with van der Waals surface area (Å²) < 4.78 is 4.87. The van der Waals surface area contributed by atoms with Crippen molar-refractivity contribution in [3.8, 4) is 0 Å². The average Bonchev–Trinajstić information content (AvgIpc) is 2.35. The van der Waals surface area contributed by atoms with E-state index in [0.717, 1.165) is 12.0 Å². The Bertz CT molecular complexity index is 400. The molecule has 0 spiro atoms. The van der Waals surface area contributed by atoms with Crippen molar-refractivity contribution in [2.45, 2.75) is 12.8 Å². The Balaban J connectivity index is 2.37. The summed E-state index contributed by atoms with van der Waals surface area (Å²) in [6, 6.07) is 6.29. The third kappa shape index (κ3) is 4.97. The summed E-state index contributed by atoms with van der Waals surface area (Å²) in [4.78, 5) is 22.2. The van der Waals surface area contributed by atoms with Gasteiger partial charge < -0.3 is 15.2 Å². The van der Waals surface area contributed by atoms with E-state index >= 15 is 0 Å². The molecule has 18 heavy (non-hydrogen) atoms. The Kier molecular flexibility index (Phi) is 5.87. The van der Waals surface area contributed by atoms with Gasteiger partial charge in [-0.25, -0.2) is 4.79 Å². The van der Waals surface area contributed by atoms with Crippen LogP contribution in [0.25, 0.3) is 0 Å². The van der Waals surface area contributed by atoms with Crippen LogP contribution >= 0.6 is 0 Å². The van der Waals surface area contributed by atoms with Crippen molar-refractivity contribution in [2.24, 2.45) is 0 Å². The number of aromatic carboxylic acids is 1. The quantitative estimate of drug-likeness (QED) is 0.711. The molecule has 2 N–H and O–H groups in total. The van der Waals surface area contributed by atoms with Gasteiger partial charge in [0.25, 0.3) is 0 Å². The van der Waals surface area contributed by atoms with Crippen molar-refractivity contribution in [2.75, 3.05) is 20.3 Å². The Morgan fingerprint density at radius 1 is 1.28 bits per heavy atom. The molecule has 0 aromatic heterocycles. The van der Waals surface area contributed by atoms with Gasteiger partial charge in [-0.15, -0.1) is 0 Å². The number of carbonyl (C=O) groups is 2. The summed E-state index contributed by atoms with van der Waals surface area (Å²) in [5, 5.41) is 11.5. The fourth-order valence-corrected chi connectivity index (χ4v) is 1.46. The van der Waals surface area contributed by atoms with E-state index in [0.29, 0.717) is 13.2 Å². The summed E-state index contributed by atoms with van der Waals surface area (Å²) in [7, 11) is 1.62. The van der Waals surface area contributed by atoms with Gasteiger partial charge in [-0.3, -0.25) is 4.79 Å². The molecule has 0 heterocycles. The molecule has 0 aliphatic carbocycles. The number of carbonyl (C=O) groups excluding carboxylic acids is 1. The number of hydrogen-bond acceptors (Lipinski definition) is 3. The molecule has 0 saturated heterocycles. The zero-order valence-electron chi connectivity index (χ0n) is 10.3. The smallest absolute Gasteiger partial charge is 0.335 e. The summed E-state index contributed by atoms with van der Waals surface area (Å²) in [6.07, 6.45) is 1.03. The molecule has 1 aromatic rings. The van der Waals surface area contributed by atoms with Crippen LogP contribution in [0.15, 0.2) is 24.3 Å². The lowest BCUT2D eigenvalue weighted by Gasteiger charge is -2.05. The zero-order valence-corrected chi connectivity index (χ0v) is 10.3. The molecule has 0 unspecified atom stereocenters. The molecule has 0 atom stereocenters. The van der Waals surface area contributed by atoms with E-state index < -0.39 is 5.97 Å². The Morgan fingerprint density at radius 3 is 2.50 bits per heavy atom. The van der Waals surface area contributed by atoms with E-state index in [1.54, 1.807) is 19.2 Å². The van der Waals surface area contributed by atoms with Crippen molar-refractivity contribution in [3.63, 3.8) is 0 Å². The van der Waals surface area contributed by atoms with Crippen molar-refractivity contribution >= 4 is 11.9 Å². The van der Waals surface area contributed by atoms with E-state index in [9.17, 15) is 9.59 Å². The molecule has 0 fully saturated rings. The molecule has 5 nitrogen and oxygen atoms in total. The van der Waals surface area contributed by atoms with Gasteiger partial charge in [-0.2, -0.15) is 0 Å². The summed E-state index contributed by atoms with van der Waals surface area (Å²) in [6.45, 7) is 1.20. The van der Waals surface area contributed by atoms with Crippen LogP contribution in [0, 0.1) is 0 Å². The Hall–Kier alpha value is -1.88. The zero-order chi connectivity index (χ0) is 13.4. The van der Waals surface area contributed by atoms with Crippen LogP contribution in [0.1, 0.15) is 22.3 Å². The van der Waals surface area contributed by atoms with E-state index in [2.05, 4.69) is 5.32 Å². The number of ether oxygens (including phenoxy) is 1. The maximum Gasteiger partial charge on any atom is 0.335 e. The summed E-state index contributed by atoms with van der Waals surface area (Å²) in [5.74, 6) is -1.04. The maximum atomic E-state index is 11.5. The molecule has 1 amide bonds. The van der Waals surface area contributed by atoms with E-state index in [4.69, 9.17) is 9.84 Å². The second-order valence-corrected chi connectivity index (χ2v) is 3.88. The van der Waals surface area contributed by atoms with E-state index in [1.807, 2.05) is 0 Å². The second-order valence-electron chi connectivity index (χ2n) is 3.88. The summed E-state index contributed by atoms with van der Waals surface area (Å²) in [5.41, 5.74) is 1.02. The van der Waals surface area contributed by atoms with E-state index in [1.165, 1.54) is 12.1 Å². The maximum absolute atomic E-state index is 11.5. The third-order valence-electron chi connectivity index (χ3n) is 2.41. The van der Waals surface area contributed by atoms with Gasteiger partial charge in [-0.05, 0) is 24.1 Å². The highest BCUT2D eigenvalue weighted by molar-refractivity contribution is 5.87. The molecule has 0 saturated carbocycles. The number of rotatable bonds is 7. The van der Waals surface area contributed by atoms with Crippen molar-refractivity contribution < 1.29 is 19.4 Å².